The number of amides is 2. The lowest BCUT2D eigenvalue weighted by atomic mass is 9.86. The summed E-state index contributed by atoms with van der Waals surface area (Å²) in [6, 6.07) is 17.4. The van der Waals surface area contributed by atoms with Crippen molar-refractivity contribution in [3.8, 4) is 5.75 Å². The van der Waals surface area contributed by atoms with E-state index >= 15 is 0 Å². The smallest absolute Gasteiger partial charge is 0.260 e. The monoisotopic (exact) mass is 364 g/mol. The molecule has 5 heteroatoms. The summed E-state index contributed by atoms with van der Waals surface area (Å²) in [5.41, 5.74) is 1.99. The Morgan fingerprint density at radius 3 is 2.56 bits per heavy atom. The highest BCUT2D eigenvalue weighted by atomic mass is 16.5. The third-order valence-electron chi connectivity index (χ3n) is 5.56. The second-order valence-corrected chi connectivity index (χ2v) is 7.66. The van der Waals surface area contributed by atoms with Gasteiger partial charge in [0.1, 0.15) is 5.75 Å². The van der Waals surface area contributed by atoms with Crippen LogP contribution in [0.5, 0.6) is 5.75 Å². The van der Waals surface area contributed by atoms with Crippen LogP contribution in [-0.4, -0.2) is 43.0 Å². The Bertz CT molecular complexity index is 834. The first kappa shape index (κ1) is 17.6. The molecule has 1 atom stereocenters. The zero-order valence-corrected chi connectivity index (χ0v) is 15.6. The first-order valence-corrected chi connectivity index (χ1v) is 9.37. The van der Waals surface area contributed by atoms with Gasteiger partial charge in [-0.2, -0.15) is 0 Å². The van der Waals surface area contributed by atoms with Gasteiger partial charge in [0, 0.05) is 37.2 Å². The highest BCUT2D eigenvalue weighted by Gasteiger charge is 2.48. The third kappa shape index (κ3) is 3.68. The van der Waals surface area contributed by atoms with Gasteiger partial charge >= 0.3 is 0 Å². The van der Waals surface area contributed by atoms with E-state index in [-0.39, 0.29) is 23.8 Å². The summed E-state index contributed by atoms with van der Waals surface area (Å²) in [4.78, 5) is 28.8. The van der Waals surface area contributed by atoms with E-state index in [1.165, 1.54) is 5.56 Å². The van der Waals surface area contributed by atoms with Gasteiger partial charge in [0.25, 0.3) is 5.91 Å². The first-order chi connectivity index (χ1) is 13.0. The largest absolute Gasteiger partial charge is 0.484 e. The fourth-order valence-electron chi connectivity index (χ4n) is 4.03. The molecule has 0 N–H and O–H groups in total. The maximum atomic E-state index is 12.6. The Morgan fingerprint density at radius 2 is 1.81 bits per heavy atom. The lowest BCUT2D eigenvalue weighted by Gasteiger charge is -2.24. The van der Waals surface area contributed by atoms with Crippen molar-refractivity contribution in [3.05, 3.63) is 60.2 Å². The molecule has 2 heterocycles. The molecule has 27 heavy (non-hydrogen) atoms. The minimum Gasteiger partial charge on any atom is -0.484 e. The Hall–Kier alpha value is -2.82. The number of nitrogens with zero attached hydrogens (tertiary/aromatic N) is 2. The van der Waals surface area contributed by atoms with Gasteiger partial charge in [-0.15, -0.1) is 0 Å². The number of hydrogen-bond donors (Lipinski definition) is 0. The number of ether oxygens (including phenoxy) is 1. The molecule has 2 fully saturated rings. The predicted octanol–water partition coefficient (Wildman–Crippen LogP) is 3.03. The van der Waals surface area contributed by atoms with Gasteiger partial charge in [0.2, 0.25) is 5.91 Å². The number of aryl methyl sites for hydroxylation is 1. The summed E-state index contributed by atoms with van der Waals surface area (Å²) in [6.07, 6.45) is 1.36. The van der Waals surface area contributed by atoms with Crippen LogP contribution >= 0.6 is 0 Å². The van der Waals surface area contributed by atoms with E-state index in [9.17, 15) is 9.59 Å². The van der Waals surface area contributed by atoms with E-state index < -0.39 is 0 Å². The number of anilines is 1. The van der Waals surface area contributed by atoms with Crippen LogP contribution < -0.4 is 9.64 Å². The summed E-state index contributed by atoms with van der Waals surface area (Å²) in [6.45, 7) is 4.06. The van der Waals surface area contributed by atoms with Gasteiger partial charge in [0.05, 0.1) is 0 Å². The van der Waals surface area contributed by atoms with Gasteiger partial charge in [-0.1, -0.05) is 35.9 Å². The molecule has 140 valence electrons. The number of likely N-dealkylation sites (tertiary alicyclic amines) is 1. The SMILES string of the molecule is Cc1ccc(N2C[C@@]3(CCN(C(=O)COc4ccccc4)C3)CC2=O)cc1. The van der Waals surface area contributed by atoms with Crippen LogP contribution in [0.2, 0.25) is 0 Å². The van der Waals surface area contributed by atoms with Crippen LogP contribution in [0.15, 0.2) is 54.6 Å². The van der Waals surface area contributed by atoms with Crippen molar-refractivity contribution >= 4 is 17.5 Å². The summed E-state index contributed by atoms with van der Waals surface area (Å²) >= 11 is 0. The van der Waals surface area contributed by atoms with E-state index in [1.54, 1.807) is 0 Å². The number of para-hydroxylation sites is 1. The molecule has 4 rings (SSSR count). The van der Waals surface area contributed by atoms with Crippen molar-refractivity contribution in [2.75, 3.05) is 31.1 Å². The lowest BCUT2D eigenvalue weighted by Crippen LogP contribution is -2.36. The van der Waals surface area contributed by atoms with Crippen LogP contribution in [0.3, 0.4) is 0 Å². The van der Waals surface area contributed by atoms with Crippen molar-refractivity contribution in [2.24, 2.45) is 5.41 Å². The molecule has 2 aromatic carbocycles. The predicted molar refractivity (Wildman–Crippen MR) is 104 cm³/mol. The molecule has 0 saturated carbocycles. The third-order valence-corrected chi connectivity index (χ3v) is 5.56. The molecule has 0 radical (unpaired) electrons. The summed E-state index contributed by atoms with van der Waals surface area (Å²) in [5.74, 6) is 0.826. The van der Waals surface area contributed by atoms with Crippen LogP contribution in [0.25, 0.3) is 0 Å². The zero-order chi connectivity index (χ0) is 18.9. The Kier molecular flexibility index (Phi) is 4.60. The van der Waals surface area contributed by atoms with E-state index in [0.717, 1.165) is 12.1 Å². The molecule has 0 bridgehead atoms. The van der Waals surface area contributed by atoms with Crippen molar-refractivity contribution < 1.29 is 14.3 Å². The minimum atomic E-state index is -0.135. The lowest BCUT2D eigenvalue weighted by molar-refractivity contribution is -0.132. The summed E-state index contributed by atoms with van der Waals surface area (Å²) < 4.78 is 5.59. The number of benzene rings is 2. The Labute approximate surface area is 159 Å². The Balaban J connectivity index is 1.37. The summed E-state index contributed by atoms with van der Waals surface area (Å²) in [7, 11) is 0. The average Bonchev–Trinajstić information content (AvgIpc) is 3.24. The zero-order valence-electron chi connectivity index (χ0n) is 15.6. The van der Waals surface area contributed by atoms with E-state index in [1.807, 2.05) is 71.3 Å². The summed E-state index contributed by atoms with van der Waals surface area (Å²) in [5, 5.41) is 0. The van der Waals surface area contributed by atoms with Crippen molar-refractivity contribution in [2.45, 2.75) is 19.8 Å². The van der Waals surface area contributed by atoms with Gasteiger partial charge in [0.15, 0.2) is 6.61 Å². The van der Waals surface area contributed by atoms with Crippen LogP contribution in [0.1, 0.15) is 18.4 Å². The molecule has 1 spiro atoms. The Morgan fingerprint density at radius 1 is 1.07 bits per heavy atom. The number of hydrogen-bond acceptors (Lipinski definition) is 3. The first-order valence-electron chi connectivity index (χ1n) is 9.37. The molecule has 0 unspecified atom stereocenters. The van der Waals surface area contributed by atoms with Crippen LogP contribution in [0, 0.1) is 12.3 Å². The molecule has 2 saturated heterocycles. The molecule has 0 aliphatic carbocycles. The molecule has 2 aliphatic rings. The van der Waals surface area contributed by atoms with Gasteiger partial charge in [-0.05, 0) is 37.6 Å². The second-order valence-electron chi connectivity index (χ2n) is 7.66. The molecule has 2 aliphatic heterocycles. The number of carbonyl (C=O) groups is 2. The fourth-order valence-corrected chi connectivity index (χ4v) is 4.03. The van der Waals surface area contributed by atoms with Gasteiger partial charge in [-0.3, -0.25) is 9.59 Å². The normalized spacial score (nSPS) is 21.9. The maximum Gasteiger partial charge on any atom is 0.260 e. The maximum absolute atomic E-state index is 12.6. The number of rotatable bonds is 4. The number of carbonyl (C=O) groups excluding carboxylic acids is 2. The van der Waals surface area contributed by atoms with E-state index in [2.05, 4.69) is 0 Å². The van der Waals surface area contributed by atoms with Crippen LogP contribution in [0.4, 0.5) is 5.69 Å². The highest BCUT2D eigenvalue weighted by Crippen LogP contribution is 2.41. The van der Waals surface area contributed by atoms with E-state index in [0.29, 0.717) is 31.8 Å². The van der Waals surface area contributed by atoms with Gasteiger partial charge < -0.3 is 14.5 Å². The van der Waals surface area contributed by atoms with Crippen molar-refractivity contribution in [1.82, 2.24) is 4.90 Å². The molecule has 5 nitrogen and oxygen atoms in total. The highest BCUT2D eigenvalue weighted by molar-refractivity contribution is 5.96. The second kappa shape index (κ2) is 7.06. The minimum absolute atomic E-state index is 0.0167. The van der Waals surface area contributed by atoms with Crippen molar-refractivity contribution in [3.63, 3.8) is 0 Å². The van der Waals surface area contributed by atoms with Gasteiger partial charge in [-0.25, -0.2) is 0 Å². The standard InChI is InChI=1S/C22H24N2O3/c1-17-7-9-18(10-8-17)24-16-22(13-20(24)25)11-12-23(15-22)21(26)14-27-19-5-3-2-4-6-19/h2-10H,11-16H2,1H3/t22-/m0/s1. The van der Waals surface area contributed by atoms with E-state index in [4.69, 9.17) is 4.74 Å². The molecule has 2 amide bonds. The molecule has 2 aromatic rings. The quantitative estimate of drug-likeness (QED) is 0.838. The molecule has 0 aromatic heterocycles. The molecular weight excluding hydrogens is 340 g/mol. The van der Waals surface area contributed by atoms with Crippen molar-refractivity contribution in [1.29, 1.82) is 0 Å². The molecular formula is C22H24N2O3. The topological polar surface area (TPSA) is 49.9 Å². The van der Waals surface area contributed by atoms with Crippen LogP contribution in [-0.2, 0) is 9.59 Å². The fraction of sp³-hybridized carbons (Fsp3) is 0.364. The average molecular weight is 364 g/mol.